The van der Waals surface area contributed by atoms with Crippen LogP contribution in [0.5, 0.6) is 0 Å². The van der Waals surface area contributed by atoms with Crippen molar-refractivity contribution in [2.45, 2.75) is 44.8 Å². The van der Waals surface area contributed by atoms with Crippen LogP contribution in [0, 0.1) is 5.82 Å². The fraction of sp³-hybridized carbons (Fsp3) is 0.409. The quantitative estimate of drug-likeness (QED) is 0.470. The number of benzene rings is 1. The van der Waals surface area contributed by atoms with E-state index in [-0.39, 0.29) is 24.7 Å². The number of nitrogens with zero attached hydrogens (tertiary/aromatic N) is 3. The molecule has 9 nitrogen and oxygen atoms in total. The van der Waals surface area contributed by atoms with Gasteiger partial charge in [-0.05, 0) is 43.0 Å². The van der Waals surface area contributed by atoms with Crippen molar-refractivity contribution >= 4 is 28.0 Å². The smallest absolute Gasteiger partial charge is 0.335 e. The van der Waals surface area contributed by atoms with Gasteiger partial charge in [-0.3, -0.25) is 0 Å². The lowest BCUT2D eigenvalue weighted by molar-refractivity contribution is -0.152. The second kappa shape index (κ2) is 10.8. The summed E-state index contributed by atoms with van der Waals surface area (Å²) in [7, 11) is -2.29. The Morgan fingerprint density at radius 2 is 1.79 bits per heavy atom. The molecule has 0 saturated carbocycles. The first-order valence-electron chi connectivity index (χ1n) is 10.2. The predicted molar refractivity (Wildman–Crippen MR) is 123 cm³/mol. The van der Waals surface area contributed by atoms with Crippen molar-refractivity contribution in [3.8, 4) is 11.3 Å². The minimum Gasteiger partial charge on any atom is -0.479 e. The molecule has 2 aromatic rings. The maximum Gasteiger partial charge on any atom is 0.335 e. The minimum atomic E-state index is -3.63. The van der Waals surface area contributed by atoms with Crippen molar-refractivity contribution in [2.24, 2.45) is 0 Å². The summed E-state index contributed by atoms with van der Waals surface area (Å²) in [5.41, 5.74) is 2.07. The number of aliphatic hydroxyl groups is 2. The molecular formula is C22H28FN3O6S. The molecule has 180 valence electrons. The van der Waals surface area contributed by atoms with Gasteiger partial charge in [0.1, 0.15) is 5.82 Å². The van der Waals surface area contributed by atoms with E-state index in [9.17, 15) is 27.8 Å². The van der Waals surface area contributed by atoms with Gasteiger partial charge < -0.3 is 15.3 Å². The van der Waals surface area contributed by atoms with Crippen LogP contribution in [0.2, 0.25) is 0 Å². The normalized spacial score (nSPS) is 13.9. The number of anilines is 1. The summed E-state index contributed by atoms with van der Waals surface area (Å²) in [6, 6.07) is 5.58. The first-order chi connectivity index (χ1) is 15.3. The lowest BCUT2D eigenvalue weighted by atomic mass is 9.97. The second-order valence-corrected chi connectivity index (χ2v) is 9.91. The van der Waals surface area contributed by atoms with Crippen LogP contribution >= 0.6 is 0 Å². The summed E-state index contributed by atoms with van der Waals surface area (Å²) in [5, 5.41) is 28.0. The van der Waals surface area contributed by atoms with Gasteiger partial charge in [0, 0.05) is 18.2 Å². The van der Waals surface area contributed by atoms with Crippen LogP contribution in [0.25, 0.3) is 17.3 Å². The van der Waals surface area contributed by atoms with Crippen molar-refractivity contribution in [1.82, 2.24) is 9.97 Å². The Kier molecular flexibility index (Phi) is 8.64. The third-order valence-electron chi connectivity index (χ3n) is 4.94. The molecule has 0 aliphatic carbocycles. The fourth-order valence-corrected chi connectivity index (χ4v) is 3.36. The summed E-state index contributed by atoms with van der Waals surface area (Å²) in [6.45, 7) is 3.76. The Bertz CT molecular complexity index is 1120. The van der Waals surface area contributed by atoms with E-state index in [1.807, 2.05) is 13.8 Å². The Hall–Kier alpha value is -2.89. The molecule has 0 amide bonds. The Morgan fingerprint density at radius 1 is 1.18 bits per heavy atom. The lowest BCUT2D eigenvalue weighted by Crippen LogP contribution is -2.33. The molecule has 0 bridgehead atoms. The topological polar surface area (TPSA) is 141 Å². The number of carboxylic acid groups (broad SMARTS) is 1. The number of aliphatic carboxylic acids is 1. The number of aliphatic hydroxyl groups excluding tert-OH is 2. The molecule has 0 spiro atoms. The van der Waals surface area contributed by atoms with E-state index in [0.717, 1.165) is 10.6 Å². The highest BCUT2D eigenvalue weighted by atomic mass is 32.2. The average Bonchev–Trinajstić information content (AvgIpc) is 2.74. The number of carbonyl (C=O) groups is 1. The SMILES string of the molecule is CC(C)c1nc(N(C)S(C)(=O)=O)nc(-c2ccc(F)cc2)c1C=CCC[C@@H](O)C(O)C(=O)O. The van der Waals surface area contributed by atoms with Crippen LogP contribution in [0.15, 0.2) is 30.3 Å². The highest BCUT2D eigenvalue weighted by Gasteiger charge is 2.23. The molecule has 0 aliphatic rings. The summed E-state index contributed by atoms with van der Waals surface area (Å²) in [4.78, 5) is 19.7. The summed E-state index contributed by atoms with van der Waals surface area (Å²) in [6.07, 6.45) is 1.34. The van der Waals surface area contributed by atoms with Crippen LogP contribution in [-0.2, 0) is 14.8 Å². The third kappa shape index (κ3) is 6.80. The Morgan fingerprint density at radius 3 is 2.30 bits per heavy atom. The van der Waals surface area contributed by atoms with Crippen LogP contribution in [0.3, 0.4) is 0 Å². The number of allylic oxidation sites excluding steroid dienone is 1. The monoisotopic (exact) mass is 481 g/mol. The zero-order valence-corrected chi connectivity index (χ0v) is 19.6. The number of aromatic nitrogens is 2. The number of carboxylic acids is 1. The van der Waals surface area contributed by atoms with E-state index in [4.69, 9.17) is 5.11 Å². The van der Waals surface area contributed by atoms with Crippen molar-refractivity contribution in [2.75, 3.05) is 17.6 Å². The number of rotatable bonds is 10. The third-order valence-corrected chi connectivity index (χ3v) is 6.10. The first kappa shape index (κ1) is 26.4. The highest BCUT2D eigenvalue weighted by molar-refractivity contribution is 7.92. The van der Waals surface area contributed by atoms with Crippen LogP contribution in [0.1, 0.15) is 43.9 Å². The number of sulfonamides is 1. The molecule has 33 heavy (non-hydrogen) atoms. The standard InChI is InChI=1S/C22H28FN3O6S/c1-13(2)18-16(7-5-6-8-17(27)20(28)21(29)30)19(14-9-11-15(23)12-10-14)25-22(24-18)26(3)33(4,31)32/h5,7,9-13,17,20,27-28H,6,8H2,1-4H3,(H,29,30)/t17-,20?/m1/s1. The second-order valence-electron chi connectivity index (χ2n) is 7.89. The first-order valence-corrected chi connectivity index (χ1v) is 12.0. The van der Waals surface area contributed by atoms with Gasteiger partial charge in [0.05, 0.1) is 23.7 Å². The van der Waals surface area contributed by atoms with Crippen molar-refractivity contribution in [1.29, 1.82) is 0 Å². The van der Waals surface area contributed by atoms with Gasteiger partial charge >= 0.3 is 5.97 Å². The summed E-state index contributed by atoms with van der Waals surface area (Å²) >= 11 is 0. The molecule has 1 aromatic carbocycles. The van der Waals surface area contributed by atoms with Gasteiger partial charge in [0.2, 0.25) is 16.0 Å². The molecule has 1 heterocycles. The number of halogens is 1. The van der Waals surface area contributed by atoms with Crippen molar-refractivity contribution in [3.05, 3.63) is 47.4 Å². The fourth-order valence-electron chi connectivity index (χ4n) is 2.99. The van der Waals surface area contributed by atoms with Gasteiger partial charge in [0.15, 0.2) is 6.10 Å². The molecule has 0 radical (unpaired) electrons. The van der Waals surface area contributed by atoms with E-state index in [2.05, 4.69) is 9.97 Å². The molecule has 1 unspecified atom stereocenters. The Labute approximate surface area is 192 Å². The number of hydrogen-bond donors (Lipinski definition) is 3. The van der Waals surface area contributed by atoms with Crippen LogP contribution < -0.4 is 4.31 Å². The molecule has 2 rings (SSSR count). The average molecular weight is 482 g/mol. The predicted octanol–water partition coefficient (Wildman–Crippen LogP) is 2.40. The molecule has 2 atom stereocenters. The zero-order chi connectivity index (χ0) is 24.9. The molecule has 1 aromatic heterocycles. The van der Waals surface area contributed by atoms with E-state index in [1.54, 1.807) is 12.2 Å². The lowest BCUT2D eigenvalue weighted by Gasteiger charge is -2.20. The van der Waals surface area contributed by atoms with E-state index >= 15 is 0 Å². The van der Waals surface area contributed by atoms with Gasteiger partial charge in [-0.15, -0.1) is 0 Å². The van der Waals surface area contributed by atoms with Crippen molar-refractivity contribution in [3.63, 3.8) is 0 Å². The highest BCUT2D eigenvalue weighted by Crippen LogP contribution is 2.31. The van der Waals surface area contributed by atoms with Gasteiger partial charge in [-0.1, -0.05) is 26.0 Å². The van der Waals surface area contributed by atoms with Crippen LogP contribution in [0.4, 0.5) is 10.3 Å². The maximum atomic E-state index is 13.5. The van der Waals surface area contributed by atoms with E-state index in [0.29, 0.717) is 22.5 Å². The summed E-state index contributed by atoms with van der Waals surface area (Å²) < 4.78 is 38.6. The molecule has 3 N–H and O–H groups in total. The molecule has 0 aliphatic heterocycles. The molecular weight excluding hydrogens is 453 g/mol. The van der Waals surface area contributed by atoms with Crippen molar-refractivity contribution < 1.29 is 32.9 Å². The molecule has 0 saturated heterocycles. The minimum absolute atomic E-state index is 0.00260. The van der Waals surface area contributed by atoms with Gasteiger partial charge in [0.25, 0.3) is 0 Å². The van der Waals surface area contributed by atoms with E-state index in [1.165, 1.54) is 31.3 Å². The molecule has 11 heteroatoms. The number of hydrogen-bond acceptors (Lipinski definition) is 7. The zero-order valence-electron chi connectivity index (χ0n) is 18.8. The van der Waals surface area contributed by atoms with Gasteiger partial charge in [-0.2, -0.15) is 0 Å². The maximum absolute atomic E-state index is 13.5. The van der Waals surface area contributed by atoms with Crippen LogP contribution in [-0.4, -0.2) is 65.2 Å². The summed E-state index contributed by atoms with van der Waals surface area (Å²) in [5.74, 6) is -2.10. The Balaban J connectivity index is 2.55. The molecule has 0 fully saturated rings. The van der Waals surface area contributed by atoms with E-state index < -0.39 is 34.0 Å². The largest absolute Gasteiger partial charge is 0.479 e. The van der Waals surface area contributed by atoms with Gasteiger partial charge in [-0.25, -0.2) is 31.9 Å².